The quantitative estimate of drug-likeness (QED) is 0.412. The van der Waals surface area contributed by atoms with Gasteiger partial charge in [0.05, 0.1) is 0 Å². The van der Waals surface area contributed by atoms with Crippen LogP contribution in [0, 0.1) is 11.7 Å². The maximum Gasteiger partial charge on any atom is 0.165 e. The monoisotopic (exact) mass is 408 g/mol. The number of thiol groups is 1. The third-order valence-corrected chi connectivity index (χ3v) is 8.44. The van der Waals surface area contributed by atoms with Crippen LogP contribution in [-0.2, 0) is 0 Å². The fourth-order valence-electron chi connectivity index (χ4n) is 4.30. The molecule has 1 saturated carbocycles. The van der Waals surface area contributed by atoms with Crippen molar-refractivity contribution in [3.63, 3.8) is 0 Å². The molecule has 29 heavy (non-hydrogen) atoms. The standard InChI is InChI=1S/C26H29FOS/c1-20(2)26(17-9-10-18-26)28-25-19-23(15-16-24(25)27)29(21-11-5-3-6-12-21)22-13-7-4-8-14-22/h3-8,11-16,19-20,29H,9-10,17-18H2,1-2H3. The van der Waals surface area contributed by atoms with Crippen LogP contribution in [0.3, 0.4) is 0 Å². The highest BCUT2D eigenvalue weighted by molar-refractivity contribution is 8.17. The zero-order chi connectivity index (χ0) is 20.3. The molecule has 3 aromatic carbocycles. The number of hydrogen-bond acceptors (Lipinski definition) is 1. The highest BCUT2D eigenvalue weighted by Gasteiger charge is 2.39. The molecule has 1 fully saturated rings. The Hall–Kier alpha value is -2.26. The van der Waals surface area contributed by atoms with Gasteiger partial charge in [-0.05, 0) is 88.8 Å². The molecule has 0 aromatic heterocycles. The summed E-state index contributed by atoms with van der Waals surface area (Å²) >= 11 is 0. The first-order chi connectivity index (χ1) is 14.1. The van der Waals surface area contributed by atoms with Crippen LogP contribution in [0.4, 0.5) is 4.39 Å². The van der Waals surface area contributed by atoms with Gasteiger partial charge < -0.3 is 4.74 Å². The summed E-state index contributed by atoms with van der Waals surface area (Å²) in [6.45, 7) is 4.38. The molecule has 4 rings (SSSR count). The fraction of sp³-hybridized carbons (Fsp3) is 0.308. The summed E-state index contributed by atoms with van der Waals surface area (Å²) in [5, 5.41) is 0. The highest BCUT2D eigenvalue weighted by Crippen LogP contribution is 2.52. The lowest BCUT2D eigenvalue weighted by Gasteiger charge is -2.35. The van der Waals surface area contributed by atoms with Crippen LogP contribution < -0.4 is 4.74 Å². The molecule has 0 radical (unpaired) electrons. The van der Waals surface area contributed by atoms with Crippen molar-refractivity contribution >= 4 is 10.9 Å². The first kappa shape index (κ1) is 20.0. The van der Waals surface area contributed by atoms with E-state index in [4.69, 9.17) is 4.74 Å². The van der Waals surface area contributed by atoms with Gasteiger partial charge in [0.2, 0.25) is 0 Å². The first-order valence-corrected chi connectivity index (χ1v) is 11.8. The average Bonchev–Trinajstić information content (AvgIpc) is 3.22. The van der Waals surface area contributed by atoms with Gasteiger partial charge in [0, 0.05) is 0 Å². The second-order valence-corrected chi connectivity index (χ2v) is 10.4. The minimum Gasteiger partial charge on any atom is -0.484 e. The highest BCUT2D eigenvalue weighted by atomic mass is 32.2. The van der Waals surface area contributed by atoms with Gasteiger partial charge in [-0.25, -0.2) is 4.39 Å². The SMILES string of the molecule is CC(C)C1(Oc2cc([SH](c3ccccc3)c3ccccc3)ccc2F)CCCC1. The van der Waals surface area contributed by atoms with Gasteiger partial charge >= 0.3 is 0 Å². The molecular weight excluding hydrogens is 379 g/mol. The van der Waals surface area contributed by atoms with Crippen LogP contribution in [0.2, 0.25) is 0 Å². The Labute approximate surface area is 176 Å². The van der Waals surface area contributed by atoms with Crippen molar-refractivity contribution in [1.82, 2.24) is 0 Å². The maximum atomic E-state index is 14.8. The minimum absolute atomic E-state index is 0.248. The lowest BCUT2D eigenvalue weighted by atomic mass is 9.88. The van der Waals surface area contributed by atoms with E-state index < -0.39 is 10.9 Å². The summed E-state index contributed by atoms with van der Waals surface area (Å²) in [5.74, 6) is 0.493. The Morgan fingerprint density at radius 3 is 1.86 bits per heavy atom. The lowest BCUT2D eigenvalue weighted by molar-refractivity contribution is 0.0249. The molecule has 1 nitrogen and oxygen atoms in total. The van der Waals surface area contributed by atoms with E-state index in [0.29, 0.717) is 11.7 Å². The van der Waals surface area contributed by atoms with E-state index in [0.717, 1.165) is 30.6 Å². The van der Waals surface area contributed by atoms with Crippen molar-refractivity contribution in [2.75, 3.05) is 0 Å². The van der Waals surface area contributed by atoms with E-state index in [1.54, 1.807) is 6.07 Å². The Morgan fingerprint density at radius 2 is 1.34 bits per heavy atom. The van der Waals surface area contributed by atoms with Crippen LogP contribution in [0.5, 0.6) is 5.75 Å². The number of ether oxygens (including phenoxy) is 1. The van der Waals surface area contributed by atoms with Gasteiger partial charge in [-0.15, -0.1) is 0 Å². The van der Waals surface area contributed by atoms with E-state index in [1.807, 2.05) is 24.3 Å². The topological polar surface area (TPSA) is 9.23 Å². The Kier molecular flexibility index (Phi) is 5.96. The molecule has 0 atom stereocenters. The Morgan fingerprint density at radius 1 is 0.793 bits per heavy atom. The van der Waals surface area contributed by atoms with Crippen molar-refractivity contribution in [1.29, 1.82) is 0 Å². The molecular formula is C26H29FOS. The van der Waals surface area contributed by atoms with E-state index in [9.17, 15) is 4.39 Å². The zero-order valence-corrected chi connectivity index (χ0v) is 18.0. The average molecular weight is 409 g/mol. The molecule has 0 unspecified atom stereocenters. The summed E-state index contributed by atoms with van der Waals surface area (Å²) in [5.41, 5.74) is -0.248. The predicted molar refractivity (Wildman–Crippen MR) is 120 cm³/mol. The largest absolute Gasteiger partial charge is 0.484 e. The van der Waals surface area contributed by atoms with Crippen molar-refractivity contribution < 1.29 is 9.13 Å². The number of benzene rings is 3. The van der Waals surface area contributed by atoms with E-state index >= 15 is 0 Å². The zero-order valence-electron chi connectivity index (χ0n) is 17.1. The smallest absolute Gasteiger partial charge is 0.165 e. The molecule has 1 aliphatic rings. The van der Waals surface area contributed by atoms with Crippen molar-refractivity contribution in [3.8, 4) is 5.75 Å². The minimum atomic E-state index is -0.771. The summed E-state index contributed by atoms with van der Waals surface area (Å²) in [7, 11) is -0.771. The lowest BCUT2D eigenvalue weighted by Crippen LogP contribution is -2.38. The van der Waals surface area contributed by atoms with Gasteiger partial charge in [-0.3, -0.25) is 0 Å². The third-order valence-electron chi connectivity index (χ3n) is 6.02. The predicted octanol–water partition coefficient (Wildman–Crippen LogP) is 7.65. The molecule has 152 valence electrons. The molecule has 0 N–H and O–H groups in total. The Balaban J connectivity index is 1.76. The van der Waals surface area contributed by atoms with Crippen molar-refractivity contribution in [3.05, 3.63) is 84.7 Å². The second kappa shape index (κ2) is 8.62. The van der Waals surface area contributed by atoms with Crippen LogP contribution >= 0.6 is 10.9 Å². The summed E-state index contributed by atoms with van der Waals surface area (Å²) in [4.78, 5) is 3.63. The molecule has 3 heteroatoms. The van der Waals surface area contributed by atoms with Gasteiger partial charge in [-0.1, -0.05) is 50.2 Å². The van der Waals surface area contributed by atoms with E-state index in [-0.39, 0.29) is 11.4 Å². The molecule has 0 spiro atoms. The maximum absolute atomic E-state index is 14.8. The van der Waals surface area contributed by atoms with Crippen LogP contribution in [0.1, 0.15) is 39.5 Å². The molecule has 0 saturated heterocycles. The van der Waals surface area contributed by atoms with Crippen LogP contribution in [-0.4, -0.2) is 5.60 Å². The summed E-state index contributed by atoms with van der Waals surface area (Å²) < 4.78 is 21.3. The fourth-order valence-corrected chi connectivity index (χ4v) is 6.61. The van der Waals surface area contributed by atoms with Gasteiger partial charge in [0.1, 0.15) is 5.60 Å². The van der Waals surface area contributed by atoms with Crippen LogP contribution in [0.25, 0.3) is 0 Å². The third kappa shape index (κ3) is 4.20. The van der Waals surface area contributed by atoms with Gasteiger partial charge in [0.25, 0.3) is 0 Å². The number of rotatable bonds is 6. The van der Waals surface area contributed by atoms with Crippen LogP contribution in [0.15, 0.2) is 93.5 Å². The Bertz CT molecular complexity index is 894. The molecule has 0 amide bonds. The number of hydrogen-bond donors (Lipinski definition) is 1. The van der Waals surface area contributed by atoms with E-state index in [2.05, 4.69) is 62.4 Å². The second-order valence-electron chi connectivity index (χ2n) is 8.15. The summed E-state index contributed by atoms with van der Waals surface area (Å²) in [6, 6.07) is 26.4. The van der Waals surface area contributed by atoms with Gasteiger partial charge in [0.15, 0.2) is 11.6 Å². The number of halogens is 1. The van der Waals surface area contributed by atoms with Crippen molar-refractivity contribution in [2.24, 2.45) is 5.92 Å². The molecule has 0 aliphatic heterocycles. The van der Waals surface area contributed by atoms with Crippen molar-refractivity contribution in [2.45, 2.75) is 59.8 Å². The normalized spacial score (nSPS) is 16.1. The first-order valence-electron chi connectivity index (χ1n) is 10.5. The molecule has 0 bridgehead atoms. The van der Waals surface area contributed by atoms with Gasteiger partial charge in [-0.2, -0.15) is 10.9 Å². The summed E-state index contributed by atoms with van der Waals surface area (Å²) in [6.07, 6.45) is 4.31. The van der Waals surface area contributed by atoms with E-state index in [1.165, 1.54) is 9.79 Å². The molecule has 1 aliphatic carbocycles. The molecule has 3 aromatic rings. The molecule has 0 heterocycles.